The molecule has 0 atom stereocenters. The van der Waals surface area contributed by atoms with E-state index in [-0.39, 0.29) is 28.1 Å². The number of anilines is 1. The number of carbonyl (C=O) groups excluding carboxylic acids is 1. The number of rotatable bonds is 3. The van der Waals surface area contributed by atoms with E-state index in [1.807, 2.05) is 0 Å². The lowest BCUT2D eigenvalue weighted by atomic mass is 10.2. The number of hydrogen-bond donors (Lipinski definition) is 1. The Morgan fingerprint density at radius 3 is 2.73 bits per heavy atom. The largest absolute Gasteiger partial charge is 0.462 e. The maximum absolute atomic E-state index is 12.9. The number of halogens is 4. The molecule has 2 rings (SSSR count). The van der Waals surface area contributed by atoms with Crippen LogP contribution in [0.25, 0.3) is 5.69 Å². The van der Waals surface area contributed by atoms with Crippen LogP contribution in [0.4, 0.5) is 19.0 Å². The van der Waals surface area contributed by atoms with Crippen molar-refractivity contribution < 1.29 is 22.7 Å². The van der Waals surface area contributed by atoms with E-state index in [4.69, 9.17) is 10.5 Å². The first-order chi connectivity index (χ1) is 10.3. The van der Waals surface area contributed by atoms with E-state index < -0.39 is 17.7 Å². The second-order valence-corrected chi connectivity index (χ2v) is 5.09. The van der Waals surface area contributed by atoms with E-state index in [0.717, 1.165) is 16.9 Å². The molecule has 0 saturated carbocycles. The SMILES string of the molecule is CCOC(=O)c1cnn(-c2ccc(Br)c(C(F)(F)F)c2)c1N. The highest BCUT2D eigenvalue weighted by molar-refractivity contribution is 9.10. The Hall–Kier alpha value is -2.03. The molecular weight excluding hydrogens is 367 g/mol. The molecule has 0 bridgehead atoms. The molecule has 1 aromatic heterocycles. The molecule has 5 nitrogen and oxygen atoms in total. The Bertz CT molecular complexity index is 713. The topological polar surface area (TPSA) is 70.1 Å². The summed E-state index contributed by atoms with van der Waals surface area (Å²) in [6, 6.07) is 3.53. The van der Waals surface area contributed by atoms with E-state index in [1.165, 1.54) is 12.1 Å². The Morgan fingerprint density at radius 2 is 2.14 bits per heavy atom. The molecular formula is C13H11BrF3N3O2. The van der Waals surface area contributed by atoms with Gasteiger partial charge in [-0.1, -0.05) is 15.9 Å². The van der Waals surface area contributed by atoms with Crippen molar-refractivity contribution in [3.05, 3.63) is 40.0 Å². The summed E-state index contributed by atoms with van der Waals surface area (Å²) in [5, 5.41) is 3.85. The average molecular weight is 378 g/mol. The van der Waals surface area contributed by atoms with Crippen LogP contribution >= 0.6 is 15.9 Å². The third-order valence-electron chi connectivity index (χ3n) is 2.80. The molecule has 2 aromatic rings. The number of ether oxygens (including phenoxy) is 1. The zero-order chi connectivity index (χ0) is 16.5. The van der Waals surface area contributed by atoms with Gasteiger partial charge in [0.05, 0.1) is 24.1 Å². The summed E-state index contributed by atoms with van der Waals surface area (Å²) in [6.07, 6.45) is -3.37. The van der Waals surface area contributed by atoms with Gasteiger partial charge < -0.3 is 10.5 Å². The number of alkyl halides is 3. The van der Waals surface area contributed by atoms with Crippen molar-refractivity contribution in [3.8, 4) is 5.69 Å². The molecule has 0 aliphatic heterocycles. The molecule has 118 valence electrons. The first kappa shape index (κ1) is 16.3. The molecule has 2 N–H and O–H groups in total. The summed E-state index contributed by atoms with van der Waals surface area (Å²) in [5.74, 6) is -0.770. The summed E-state index contributed by atoms with van der Waals surface area (Å²) in [7, 11) is 0. The lowest BCUT2D eigenvalue weighted by Crippen LogP contribution is -2.11. The van der Waals surface area contributed by atoms with E-state index in [9.17, 15) is 18.0 Å². The maximum atomic E-state index is 12.9. The van der Waals surface area contributed by atoms with E-state index in [2.05, 4.69) is 21.0 Å². The van der Waals surface area contributed by atoms with Crippen molar-refractivity contribution >= 4 is 27.7 Å². The normalized spacial score (nSPS) is 11.5. The van der Waals surface area contributed by atoms with Crippen LogP contribution in [0.2, 0.25) is 0 Å². The summed E-state index contributed by atoms with van der Waals surface area (Å²) in [5.41, 5.74) is 4.99. The monoisotopic (exact) mass is 377 g/mol. The van der Waals surface area contributed by atoms with Crippen molar-refractivity contribution in [1.29, 1.82) is 0 Å². The van der Waals surface area contributed by atoms with E-state index >= 15 is 0 Å². The molecule has 1 aromatic carbocycles. The van der Waals surface area contributed by atoms with Gasteiger partial charge in [-0.15, -0.1) is 0 Å². The highest BCUT2D eigenvalue weighted by atomic mass is 79.9. The molecule has 0 aliphatic carbocycles. The van der Waals surface area contributed by atoms with Gasteiger partial charge in [-0.3, -0.25) is 0 Å². The Morgan fingerprint density at radius 1 is 1.45 bits per heavy atom. The van der Waals surface area contributed by atoms with Gasteiger partial charge in [-0.25, -0.2) is 9.48 Å². The van der Waals surface area contributed by atoms with Gasteiger partial charge in [-0.2, -0.15) is 18.3 Å². The van der Waals surface area contributed by atoms with E-state index in [0.29, 0.717) is 0 Å². The standard InChI is InChI=1S/C13H11BrF3N3O2/c1-2-22-12(21)8-6-19-20(11(8)18)7-3-4-10(14)9(5-7)13(15,16)17/h3-6H,2,18H2,1H3. The van der Waals surface area contributed by atoms with Gasteiger partial charge >= 0.3 is 12.1 Å². The van der Waals surface area contributed by atoms with Gasteiger partial charge in [0.1, 0.15) is 11.4 Å². The van der Waals surface area contributed by atoms with E-state index in [1.54, 1.807) is 6.92 Å². The molecule has 1 heterocycles. The fourth-order valence-corrected chi connectivity index (χ4v) is 2.26. The fraction of sp³-hybridized carbons (Fsp3) is 0.231. The zero-order valence-corrected chi connectivity index (χ0v) is 12.9. The predicted octanol–water partition coefficient (Wildman–Crippen LogP) is 3.41. The second-order valence-electron chi connectivity index (χ2n) is 4.24. The highest BCUT2D eigenvalue weighted by Gasteiger charge is 2.33. The van der Waals surface area contributed by atoms with Crippen LogP contribution in [-0.2, 0) is 10.9 Å². The van der Waals surface area contributed by atoms with Gasteiger partial charge in [0.15, 0.2) is 0 Å². The molecule has 22 heavy (non-hydrogen) atoms. The number of carbonyl (C=O) groups is 1. The van der Waals surface area contributed by atoms with Crippen LogP contribution in [0.5, 0.6) is 0 Å². The van der Waals surface area contributed by atoms with Crippen molar-refractivity contribution in [1.82, 2.24) is 9.78 Å². The van der Waals surface area contributed by atoms with Crippen LogP contribution in [0, 0.1) is 0 Å². The predicted molar refractivity (Wildman–Crippen MR) is 76.6 cm³/mol. The minimum absolute atomic E-state index is 0.00155. The molecule has 0 fully saturated rings. The number of aromatic nitrogens is 2. The smallest absolute Gasteiger partial charge is 0.417 e. The van der Waals surface area contributed by atoms with Gasteiger partial charge in [-0.05, 0) is 25.1 Å². The second kappa shape index (κ2) is 5.99. The summed E-state index contributed by atoms with van der Waals surface area (Å²) >= 11 is 2.85. The van der Waals surface area contributed by atoms with Gasteiger partial charge in [0.25, 0.3) is 0 Å². The third-order valence-corrected chi connectivity index (χ3v) is 3.49. The average Bonchev–Trinajstić information content (AvgIpc) is 2.80. The number of benzene rings is 1. The Balaban J connectivity index is 2.48. The fourth-order valence-electron chi connectivity index (χ4n) is 1.79. The van der Waals surface area contributed by atoms with Crippen molar-refractivity contribution in [2.24, 2.45) is 0 Å². The van der Waals surface area contributed by atoms with Crippen LogP contribution in [0.3, 0.4) is 0 Å². The number of nitrogens with zero attached hydrogens (tertiary/aromatic N) is 2. The van der Waals surface area contributed by atoms with Crippen LogP contribution in [-0.4, -0.2) is 22.4 Å². The first-order valence-electron chi connectivity index (χ1n) is 6.13. The molecule has 0 radical (unpaired) electrons. The lowest BCUT2D eigenvalue weighted by molar-refractivity contribution is -0.138. The Labute approximate surface area is 132 Å². The van der Waals surface area contributed by atoms with Crippen LogP contribution in [0.15, 0.2) is 28.9 Å². The van der Waals surface area contributed by atoms with Crippen molar-refractivity contribution in [2.45, 2.75) is 13.1 Å². The Kier molecular flexibility index (Phi) is 4.45. The van der Waals surface area contributed by atoms with Crippen molar-refractivity contribution in [2.75, 3.05) is 12.3 Å². The lowest BCUT2D eigenvalue weighted by Gasteiger charge is -2.12. The molecule has 0 spiro atoms. The number of nitrogens with two attached hydrogens (primary N) is 1. The third kappa shape index (κ3) is 3.08. The maximum Gasteiger partial charge on any atom is 0.417 e. The molecule has 9 heteroatoms. The zero-order valence-electron chi connectivity index (χ0n) is 11.3. The van der Waals surface area contributed by atoms with Gasteiger partial charge in [0, 0.05) is 4.47 Å². The molecule has 0 unspecified atom stereocenters. The molecule has 0 amide bonds. The highest BCUT2D eigenvalue weighted by Crippen LogP contribution is 2.36. The molecule has 0 aliphatic rings. The van der Waals surface area contributed by atoms with Crippen molar-refractivity contribution in [3.63, 3.8) is 0 Å². The number of hydrogen-bond acceptors (Lipinski definition) is 4. The minimum atomic E-state index is -4.53. The van der Waals surface area contributed by atoms with Gasteiger partial charge in [0.2, 0.25) is 0 Å². The summed E-state index contributed by atoms with van der Waals surface area (Å²) in [6.45, 7) is 1.78. The number of esters is 1. The molecule has 0 saturated heterocycles. The quantitative estimate of drug-likeness (QED) is 0.832. The van der Waals surface area contributed by atoms with Crippen LogP contribution < -0.4 is 5.73 Å². The number of nitrogen functional groups attached to an aromatic ring is 1. The minimum Gasteiger partial charge on any atom is -0.462 e. The first-order valence-corrected chi connectivity index (χ1v) is 6.92. The van der Waals surface area contributed by atoms with Crippen LogP contribution in [0.1, 0.15) is 22.8 Å². The summed E-state index contributed by atoms with van der Waals surface area (Å²) < 4.78 is 44.5. The summed E-state index contributed by atoms with van der Waals surface area (Å²) in [4.78, 5) is 11.6.